The molecule has 3 N–H and O–H groups in total. The molecule has 0 bridgehead atoms. The molecule has 1 aliphatic heterocycles. The molecule has 2 aromatic rings. The number of nitrogens with one attached hydrogen (secondary N) is 1. The van der Waals surface area contributed by atoms with Crippen LogP contribution in [0.3, 0.4) is 0 Å². The molecule has 2 amide bonds. The number of amides is 2. The topological polar surface area (TPSA) is 131 Å². The number of hydrogen-bond acceptors (Lipinski definition) is 6. The Balaban J connectivity index is 1.58. The van der Waals surface area contributed by atoms with Gasteiger partial charge >= 0.3 is 0 Å². The van der Waals surface area contributed by atoms with Crippen LogP contribution in [0.15, 0.2) is 35.5 Å². The summed E-state index contributed by atoms with van der Waals surface area (Å²) in [7, 11) is -1.91. The van der Waals surface area contributed by atoms with E-state index in [0.717, 1.165) is 0 Å². The molecule has 1 aromatic heterocycles. The van der Waals surface area contributed by atoms with Crippen LogP contribution in [0, 0.1) is 6.92 Å². The summed E-state index contributed by atoms with van der Waals surface area (Å²) in [5.74, 6) is -0.116. The maximum Gasteiger partial charge on any atom is 0.262 e. The molecule has 1 saturated heterocycles. The predicted octanol–water partition coefficient (Wildman–Crippen LogP) is 0.161. The second kappa shape index (κ2) is 8.54. The highest BCUT2D eigenvalue weighted by molar-refractivity contribution is 7.89. The Kier molecular flexibility index (Phi) is 6.25. The molecule has 0 spiro atoms. The molecule has 1 aromatic carbocycles. The van der Waals surface area contributed by atoms with Crippen LogP contribution in [-0.2, 0) is 21.9 Å². The number of rotatable bonds is 6. The van der Waals surface area contributed by atoms with E-state index in [-0.39, 0.29) is 24.0 Å². The Morgan fingerprint density at radius 3 is 2.23 bits per heavy atom. The summed E-state index contributed by atoms with van der Waals surface area (Å²) in [6.45, 7) is 4.95. The Morgan fingerprint density at radius 1 is 1.13 bits per heavy atom. The van der Waals surface area contributed by atoms with Gasteiger partial charge in [0.05, 0.1) is 6.04 Å². The lowest BCUT2D eigenvalue weighted by atomic mass is 10.2. The van der Waals surface area contributed by atoms with E-state index >= 15 is 0 Å². The van der Waals surface area contributed by atoms with Crippen molar-refractivity contribution < 1.29 is 18.0 Å². The van der Waals surface area contributed by atoms with Crippen molar-refractivity contribution in [3.63, 3.8) is 0 Å². The zero-order valence-corrected chi connectivity index (χ0v) is 18.0. The highest BCUT2D eigenvalue weighted by Crippen LogP contribution is 2.18. The molecule has 0 aliphatic carbocycles. The van der Waals surface area contributed by atoms with Gasteiger partial charge in [-0.3, -0.25) is 14.5 Å². The zero-order chi connectivity index (χ0) is 22.1. The number of hydrogen-bond donors (Lipinski definition) is 2. The van der Waals surface area contributed by atoms with Crippen molar-refractivity contribution in [3.8, 4) is 0 Å². The molecular weight excluding hydrogens is 408 g/mol. The lowest BCUT2D eigenvalue weighted by molar-refractivity contribution is -0.121. The van der Waals surface area contributed by atoms with Crippen LogP contribution in [0.2, 0.25) is 0 Å². The number of nitrogens with zero attached hydrogens (tertiary/aromatic N) is 4. The van der Waals surface area contributed by atoms with E-state index in [1.165, 1.54) is 10.5 Å². The minimum absolute atomic E-state index is 0.0427. The first-order valence-corrected chi connectivity index (χ1v) is 11.0. The Morgan fingerprint density at radius 2 is 1.73 bits per heavy atom. The molecule has 3 rings (SSSR count). The number of aromatic nitrogens is 2. The van der Waals surface area contributed by atoms with Crippen LogP contribution < -0.4 is 11.1 Å². The number of aryl methyl sites for hydroxylation is 2. The van der Waals surface area contributed by atoms with Crippen molar-refractivity contribution in [2.75, 3.05) is 31.5 Å². The van der Waals surface area contributed by atoms with Gasteiger partial charge < -0.3 is 15.6 Å². The molecule has 11 heteroatoms. The first-order valence-electron chi connectivity index (χ1n) is 9.54. The van der Waals surface area contributed by atoms with Crippen molar-refractivity contribution in [2.24, 2.45) is 12.8 Å². The molecule has 0 saturated carbocycles. The SMILES string of the molecule is Cc1nc(S(=O)(=O)N2CCN(C(C)C(=O)Nc3ccc(C(N)=O)cc3)CC2)cn1C. The number of anilines is 1. The van der Waals surface area contributed by atoms with Gasteiger partial charge in [0.2, 0.25) is 11.8 Å². The molecular formula is C19H26N6O4S. The predicted molar refractivity (Wildman–Crippen MR) is 111 cm³/mol. The van der Waals surface area contributed by atoms with Gasteiger partial charge in [-0.15, -0.1) is 0 Å². The van der Waals surface area contributed by atoms with Gasteiger partial charge in [-0.2, -0.15) is 4.31 Å². The van der Waals surface area contributed by atoms with Crippen LogP contribution in [0.4, 0.5) is 5.69 Å². The summed E-state index contributed by atoms with van der Waals surface area (Å²) < 4.78 is 28.7. The molecule has 1 atom stereocenters. The van der Waals surface area contributed by atoms with Crippen LogP contribution in [0.25, 0.3) is 0 Å². The summed E-state index contributed by atoms with van der Waals surface area (Å²) in [6, 6.07) is 5.88. The molecule has 10 nitrogen and oxygen atoms in total. The molecule has 1 aliphatic rings. The van der Waals surface area contributed by atoms with E-state index in [1.54, 1.807) is 49.7 Å². The van der Waals surface area contributed by atoms with E-state index in [4.69, 9.17) is 5.73 Å². The number of imidazole rings is 1. The lowest BCUT2D eigenvalue weighted by Crippen LogP contribution is -2.53. The molecule has 1 fully saturated rings. The van der Waals surface area contributed by atoms with Gasteiger partial charge in [0.15, 0.2) is 5.03 Å². The Bertz CT molecular complexity index is 1020. The summed E-state index contributed by atoms with van der Waals surface area (Å²) >= 11 is 0. The number of sulfonamides is 1. The molecule has 162 valence electrons. The first kappa shape index (κ1) is 21.9. The standard InChI is InChI=1S/C19H26N6O4S/c1-13(19(27)22-16-6-4-15(5-7-16)18(20)26)24-8-10-25(11-9-24)30(28,29)17-12-23(3)14(2)21-17/h4-7,12-13H,8-11H2,1-3H3,(H2,20,26)(H,22,27). The monoisotopic (exact) mass is 434 g/mol. The highest BCUT2D eigenvalue weighted by atomic mass is 32.2. The number of carbonyl (C=O) groups is 2. The normalized spacial score (nSPS) is 16.9. The van der Waals surface area contributed by atoms with Crippen LogP contribution in [-0.4, -0.2) is 71.2 Å². The smallest absolute Gasteiger partial charge is 0.262 e. The van der Waals surface area contributed by atoms with Gasteiger partial charge in [-0.1, -0.05) is 0 Å². The number of benzene rings is 1. The summed E-state index contributed by atoms with van der Waals surface area (Å²) in [5.41, 5.74) is 6.13. The molecule has 0 radical (unpaired) electrons. The lowest BCUT2D eigenvalue weighted by Gasteiger charge is -2.36. The Labute approximate surface area is 175 Å². The third-order valence-corrected chi connectivity index (χ3v) is 7.10. The number of piperazine rings is 1. The van der Waals surface area contributed by atoms with Crippen LogP contribution >= 0.6 is 0 Å². The summed E-state index contributed by atoms with van der Waals surface area (Å²) in [5, 5.41) is 2.85. The summed E-state index contributed by atoms with van der Waals surface area (Å²) in [4.78, 5) is 29.8. The van der Waals surface area contributed by atoms with Crippen molar-refractivity contribution in [3.05, 3.63) is 41.9 Å². The number of primary amides is 1. The van der Waals surface area contributed by atoms with E-state index in [0.29, 0.717) is 30.2 Å². The maximum atomic E-state index is 12.8. The second-order valence-electron chi connectivity index (χ2n) is 7.28. The average molecular weight is 435 g/mol. The van der Waals surface area contributed by atoms with Gasteiger partial charge in [-0.25, -0.2) is 13.4 Å². The average Bonchev–Trinajstić information content (AvgIpc) is 3.07. The van der Waals surface area contributed by atoms with E-state index in [9.17, 15) is 18.0 Å². The minimum Gasteiger partial charge on any atom is -0.366 e. The summed E-state index contributed by atoms with van der Waals surface area (Å²) in [6.07, 6.45) is 1.51. The number of carbonyl (C=O) groups excluding carboxylic acids is 2. The molecule has 2 heterocycles. The fourth-order valence-corrected chi connectivity index (χ4v) is 4.69. The van der Waals surface area contributed by atoms with Crippen LogP contribution in [0.5, 0.6) is 0 Å². The Hall–Kier alpha value is -2.76. The quantitative estimate of drug-likeness (QED) is 0.666. The zero-order valence-electron chi connectivity index (χ0n) is 17.2. The second-order valence-corrected chi connectivity index (χ2v) is 9.17. The van der Waals surface area contributed by atoms with E-state index < -0.39 is 22.0 Å². The third kappa shape index (κ3) is 4.53. The van der Waals surface area contributed by atoms with E-state index in [2.05, 4.69) is 10.3 Å². The number of nitrogens with two attached hydrogens (primary N) is 1. The van der Waals surface area contributed by atoms with E-state index in [1.807, 2.05) is 4.90 Å². The fraction of sp³-hybridized carbons (Fsp3) is 0.421. The van der Waals surface area contributed by atoms with Crippen molar-refractivity contribution in [1.29, 1.82) is 0 Å². The van der Waals surface area contributed by atoms with Crippen molar-refractivity contribution in [1.82, 2.24) is 18.8 Å². The van der Waals surface area contributed by atoms with Crippen LogP contribution in [0.1, 0.15) is 23.1 Å². The minimum atomic E-state index is -3.66. The van der Waals surface area contributed by atoms with Crippen molar-refractivity contribution in [2.45, 2.75) is 24.9 Å². The first-order chi connectivity index (χ1) is 14.1. The van der Waals surface area contributed by atoms with Gasteiger partial charge in [0, 0.05) is 50.7 Å². The highest BCUT2D eigenvalue weighted by Gasteiger charge is 2.33. The maximum absolute atomic E-state index is 12.8. The van der Waals surface area contributed by atoms with Gasteiger partial charge in [0.25, 0.3) is 10.0 Å². The molecule has 30 heavy (non-hydrogen) atoms. The third-order valence-electron chi connectivity index (χ3n) is 5.33. The fourth-order valence-electron chi connectivity index (χ4n) is 3.24. The largest absolute Gasteiger partial charge is 0.366 e. The van der Waals surface area contributed by atoms with Gasteiger partial charge in [-0.05, 0) is 38.1 Å². The van der Waals surface area contributed by atoms with Gasteiger partial charge in [0.1, 0.15) is 5.82 Å². The van der Waals surface area contributed by atoms with Crippen molar-refractivity contribution >= 4 is 27.5 Å². The molecule has 1 unspecified atom stereocenters.